The topological polar surface area (TPSA) is 39.9 Å². The Morgan fingerprint density at radius 1 is 1.54 bits per heavy atom. The van der Waals surface area contributed by atoms with Gasteiger partial charge in [-0.25, -0.2) is 4.98 Å². The molecule has 2 rings (SSSR count). The van der Waals surface area contributed by atoms with Gasteiger partial charge >= 0.3 is 0 Å². The van der Waals surface area contributed by atoms with E-state index >= 15 is 0 Å². The lowest BCUT2D eigenvalue weighted by atomic mass is 9.79. The normalized spacial score (nSPS) is 22.2. The van der Waals surface area contributed by atoms with Crippen molar-refractivity contribution in [2.75, 3.05) is 6.61 Å². The van der Waals surface area contributed by atoms with E-state index in [1.54, 1.807) is 6.33 Å². The van der Waals surface area contributed by atoms with Crippen LogP contribution in [0.25, 0.3) is 0 Å². The molecule has 0 aromatic carbocycles. The monoisotopic (exact) mass is 181 g/mol. The smallest absolute Gasteiger partial charge is 0.168 e. The fraction of sp³-hybridized carbons (Fsp3) is 0.778. The van der Waals surface area contributed by atoms with Crippen molar-refractivity contribution in [2.24, 2.45) is 11.3 Å². The van der Waals surface area contributed by atoms with Gasteiger partial charge < -0.3 is 4.84 Å². The van der Waals surface area contributed by atoms with Crippen LogP contribution < -0.4 is 4.84 Å². The van der Waals surface area contributed by atoms with E-state index in [-0.39, 0.29) is 5.41 Å². The summed E-state index contributed by atoms with van der Waals surface area (Å²) in [7, 11) is 0. The van der Waals surface area contributed by atoms with Gasteiger partial charge in [0.2, 0.25) is 0 Å². The lowest BCUT2D eigenvalue weighted by molar-refractivity contribution is -0.00893. The van der Waals surface area contributed by atoms with Crippen LogP contribution >= 0.6 is 0 Å². The zero-order valence-corrected chi connectivity index (χ0v) is 8.32. The molecule has 13 heavy (non-hydrogen) atoms. The Morgan fingerprint density at radius 2 is 2.31 bits per heavy atom. The van der Waals surface area contributed by atoms with Gasteiger partial charge in [-0.15, -0.1) is 5.10 Å². The van der Waals surface area contributed by atoms with Crippen molar-refractivity contribution >= 4 is 0 Å². The zero-order valence-electron chi connectivity index (χ0n) is 8.32. The third-order valence-electron chi connectivity index (χ3n) is 2.64. The molecule has 1 aromatic heterocycles. The lowest BCUT2D eigenvalue weighted by Gasteiger charge is -2.32. The van der Waals surface area contributed by atoms with E-state index < -0.39 is 0 Å². The van der Waals surface area contributed by atoms with E-state index in [2.05, 4.69) is 30.9 Å². The lowest BCUT2D eigenvalue weighted by Crippen LogP contribution is -2.37. The molecule has 0 aliphatic carbocycles. The van der Waals surface area contributed by atoms with Crippen molar-refractivity contribution in [3.63, 3.8) is 0 Å². The van der Waals surface area contributed by atoms with Crippen LogP contribution in [0.2, 0.25) is 0 Å². The number of rotatable bonds is 0. The molecule has 0 fully saturated rings. The number of aromatic nitrogens is 3. The molecular weight excluding hydrogens is 166 g/mol. The Balaban J connectivity index is 2.18. The van der Waals surface area contributed by atoms with Crippen LogP contribution in [-0.2, 0) is 6.42 Å². The SMILES string of the molecule is CC(C)(C)C1COn2ncnc2C1. The predicted molar refractivity (Wildman–Crippen MR) is 48.1 cm³/mol. The van der Waals surface area contributed by atoms with Crippen molar-refractivity contribution < 1.29 is 4.84 Å². The first-order chi connectivity index (χ1) is 6.07. The van der Waals surface area contributed by atoms with Gasteiger partial charge in [0.1, 0.15) is 12.9 Å². The quantitative estimate of drug-likeness (QED) is 0.597. The first-order valence-electron chi connectivity index (χ1n) is 4.59. The molecule has 1 aliphatic rings. The molecule has 4 heteroatoms. The van der Waals surface area contributed by atoms with Crippen LogP contribution in [0.1, 0.15) is 26.6 Å². The third kappa shape index (κ3) is 1.53. The summed E-state index contributed by atoms with van der Waals surface area (Å²) in [6.07, 6.45) is 2.50. The van der Waals surface area contributed by atoms with Gasteiger partial charge in [0.25, 0.3) is 0 Å². The van der Waals surface area contributed by atoms with E-state index in [4.69, 9.17) is 4.84 Å². The first kappa shape index (κ1) is 8.53. The largest absolute Gasteiger partial charge is 0.395 e. The minimum Gasteiger partial charge on any atom is -0.395 e. The minimum absolute atomic E-state index is 0.275. The highest BCUT2D eigenvalue weighted by atomic mass is 16.7. The number of fused-ring (bicyclic) bond motifs is 1. The molecule has 72 valence electrons. The summed E-state index contributed by atoms with van der Waals surface area (Å²) >= 11 is 0. The number of hydrogen-bond acceptors (Lipinski definition) is 3. The van der Waals surface area contributed by atoms with E-state index in [1.165, 1.54) is 4.85 Å². The molecule has 1 aliphatic heterocycles. The standard InChI is InChI=1S/C9H15N3O/c1-9(2,3)7-4-8-10-6-11-12(8)13-5-7/h6-7H,4-5H2,1-3H3. The molecular formula is C9H15N3O. The van der Waals surface area contributed by atoms with Crippen molar-refractivity contribution in [1.29, 1.82) is 0 Å². The molecule has 0 radical (unpaired) electrons. The highest BCUT2D eigenvalue weighted by Gasteiger charge is 2.31. The average Bonchev–Trinajstić information content (AvgIpc) is 2.47. The molecule has 0 bridgehead atoms. The molecule has 0 N–H and O–H groups in total. The summed E-state index contributed by atoms with van der Waals surface area (Å²) in [5.74, 6) is 1.47. The fourth-order valence-corrected chi connectivity index (χ4v) is 1.49. The molecule has 0 saturated heterocycles. The molecule has 4 nitrogen and oxygen atoms in total. The molecule has 0 spiro atoms. The Hall–Kier alpha value is -1.06. The van der Waals surface area contributed by atoms with E-state index in [0.29, 0.717) is 5.92 Å². The maximum atomic E-state index is 5.45. The number of nitrogens with zero attached hydrogens (tertiary/aromatic N) is 3. The minimum atomic E-state index is 0.275. The van der Waals surface area contributed by atoms with Crippen LogP contribution in [0.4, 0.5) is 0 Å². The number of hydrogen-bond donors (Lipinski definition) is 0. The first-order valence-corrected chi connectivity index (χ1v) is 4.59. The van der Waals surface area contributed by atoms with Crippen molar-refractivity contribution in [2.45, 2.75) is 27.2 Å². The van der Waals surface area contributed by atoms with Crippen LogP contribution in [0.5, 0.6) is 0 Å². The van der Waals surface area contributed by atoms with E-state index in [9.17, 15) is 0 Å². The Labute approximate surface area is 77.9 Å². The maximum absolute atomic E-state index is 5.45. The zero-order chi connectivity index (χ0) is 9.47. The van der Waals surface area contributed by atoms with Crippen LogP contribution in [0.3, 0.4) is 0 Å². The third-order valence-corrected chi connectivity index (χ3v) is 2.64. The second-order valence-corrected chi connectivity index (χ2v) is 4.61. The molecule has 1 unspecified atom stereocenters. The maximum Gasteiger partial charge on any atom is 0.168 e. The van der Waals surface area contributed by atoms with Crippen molar-refractivity contribution in [1.82, 2.24) is 14.9 Å². The average molecular weight is 181 g/mol. The Bertz CT molecular complexity index is 300. The molecule has 1 aromatic rings. The molecule has 0 amide bonds. The van der Waals surface area contributed by atoms with Crippen molar-refractivity contribution in [3.8, 4) is 0 Å². The summed E-state index contributed by atoms with van der Waals surface area (Å²) in [6.45, 7) is 7.42. The van der Waals surface area contributed by atoms with Gasteiger partial charge in [0.15, 0.2) is 5.82 Å². The second kappa shape index (κ2) is 2.72. The predicted octanol–water partition coefficient (Wildman–Crippen LogP) is 0.925. The molecule has 1 atom stereocenters. The summed E-state index contributed by atoms with van der Waals surface area (Å²) in [6, 6.07) is 0. The summed E-state index contributed by atoms with van der Waals surface area (Å²) in [5, 5.41) is 3.96. The Kier molecular flexibility index (Phi) is 1.78. The van der Waals surface area contributed by atoms with Gasteiger partial charge in [0.05, 0.1) is 0 Å². The fourth-order valence-electron chi connectivity index (χ4n) is 1.49. The van der Waals surface area contributed by atoms with E-state index in [1.807, 2.05) is 0 Å². The van der Waals surface area contributed by atoms with Crippen molar-refractivity contribution in [3.05, 3.63) is 12.2 Å². The summed E-state index contributed by atoms with van der Waals surface area (Å²) < 4.78 is 0. The van der Waals surface area contributed by atoms with Crippen LogP contribution in [0, 0.1) is 11.3 Å². The Morgan fingerprint density at radius 3 is 3.00 bits per heavy atom. The highest BCUT2D eigenvalue weighted by Crippen LogP contribution is 2.29. The van der Waals surface area contributed by atoms with Gasteiger partial charge in [0, 0.05) is 12.3 Å². The van der Waals surface area contributed by atoms with Gasteiger partial charge in [-0.2, -0.15) is 0 Å². The molecule has 2 heterocycles. The second-order valence-electron chi connectivity index (χ2n) is 4.61. The van der Waals surface area contributed by atoms with Gasteiger partial charge in [-0.05, 0) is 5.41 Å². The van der Waals surface area contributed by atoms with Crippen LogP contribution in [0.15, 0.2) is 6.33 Å². The highest BCUT2D eigenvalue weighted by molar-refractivity contribution is 4.91. The molecule has 0 saturated carbocycles. The van der Waals surface area contributed by atoms with Crippen LogP contribution in [-0.4, -0.2) is 21.5 Å². The van der Waals surface area contributed by atoms with E-state index in [0.717, 1.165) is 18.9 Å². The van der Waals surface area contributed by atoms with Gasteiger partial charge in [-0.3, -0.25) is 0 Å². The summed E-state index contributed by atoms with van der Waals surface area (Å²) in [5.41, 5.74) is 0.275. The van der Waals surface area contributed by atoms with Gasteiger partial charge in [-0.1, -0.05) is 25.6 Å². The summed E-state index contributed by atoms with van der Waals surface area (Å²) in [4.78, 5) is 11.1.